The van der Waals surface area contributed by atoms with Crippen LogP contribution >= 0.6 is 24.8 Å². The average molecular weight is 407 g/mol. The number of halogens is 2. The van der Waals surface area contributed by atoms with Gasteiger partial charge >= 0.3 is 0 Å². The van der Waals surface area contributed by atoms with Crippen molar-refractivity contribution in [2.75, 3.05) is 58.7 Å². The van der Waals surface area contributed by atoms with E-state index in [1.807, 2.05) is 17.9 Å². The number of nitrogens with zero attached hydrogens (tertiary/aromatic N) is 2. The van der Waals surface area contributed by atoms with Crippen LogP contribution in [0.2, 0.25) is 0 Å². The fourth-order valence-electron chi connectivity index (χ4n) is 2.70. The van der Waals surface area contributed by atoms with Gasteiger partial charge in [-0.15, -0.1) is 24.8 Å². The summed E-state index contributed by atoms with van der Waals surface area (Å²) in [6, 6.07) is 5.39. The van der Waals surface area contributed by atoms with Gasteiger partial charge in [-0.2, -0.15) is 0 Å². The first-order valence-corrected chi connectivity index (χ1v) is 8.14. The lowest BCUT2D eigenvalue weighted by atomic mass is 10.1. The number of piperazine rings is 1. The summed E-state index contributed by atoms with van der Waals surface area (Å²) in [4.78, 5) is 28.3. The summed E-state index contributed by atoms with van der Waals surface area (Å²) >= 11 is 0. The van der Waals surface area contributed by atoms with E-state index in [0.717, 1.165) is 5.56 Å². The highest BCUT2D eigenvalue weighted by molar-refractivity contribution is 5.96. The molecule has 3 N–H and O–H groups in total. The maximum Gasteiger partial charge on any atom is 0.254 e. The zero-order valence-corrected chi connectivity index (χ0v) is 16.8. The van der Waals surface area contributed by atoms with Gasteiger partial charge < -0.3 is 20.7 Å². The highest BCUT2D eigenvalue weighted by Crippen LogP contribution is 2.16. The smallest absolute Gasteiger partial charge is 0.254 e. The van der Waals surface area contributed by atoms with Crippen molar-refractivity contribution in [3.63, 3.8) is 0 Å². The molecule has 26 heavy (non-hydrogen) atoms. The fourth-order valence-corrected chi connectivity index (χ4v) is 2.70. The Balaban J connectivity index is 0.00000312. The van der Waals surface area contributed by atoms with Crippen LogP contribution in [0.25, 0.3) is 0 Å². The Bertz CT molecular complexity index is 593. The highest BCUT2D eigenvalue weighted by atomic mass is 35.5. The maximum absolute atomic E-state index is 12.6. The molecule has 2 rings (SSSR count). The van der Waals surface area contributed by atoms with Crippen molar-refractivity contribution >= 4 is 42.3 Å². The summed E-state index contributed by atoms with van der Waals surface area (Å²) < 4.78 is 4.90. The Morgan fingerprint density at radius 3 is 2.46 bits per heavy atom. The van der Waals surface area contributed by atoms with Crippen molar-refractivity contribution in [3.8, 4) is 0 Å². The Kier molecular flexibility index (Phi) is 11.2. The van der Waals surface area contributed by atoms with Crippen molar-refractivity contribution in [3.05, 3.63) is 29.3 Å². The molecule has 0 unspecified atom stereocenters. The van der Waals surface area contributed by atoms with Gasteiger partial charge in [-0.05, 0) is 24.6 Å². The minimum atomic E-state index is -0.0153. The normalized spacial score (nSPS) is 14.2. The van der Waals surface area contributed by atoms with Crippen LogP contribution in [0.3, 0.4) is 0 Å². The number of methoxy groups -OCH3 is 1. The van der Waals surface area contributed by atoms with Crippen LogP contribution in [0, 0.1) is 6.92 Å². The molecular formula is C17H28Cl2N4O3. The van der Waals surface area contributed by atoms with Crippen LogP contribution in [0.4, 0.5) is 5.69 Å². The van der Waals surface area contributed by atoms with Crippen LogP contribution < -0.4 is 11.1 Å². The number of nitrogens with one attached hydrogen (secondary N) is 1. The highest BCUT2D eigenvalue weighted by Gasteiger charge is 2.24. The summed E-state index contributed by atoms with van der Waals surface area (Å²) in [7, 11) is 1.60. The van der Waals surface area contributed by atoms with Crippen molar-refractivity contribution < 1.29 is 14.3 Å². The zero-order valence-electron chi connectivity index (χ0n) is 15.2. The molecule has 9 heteroatoms. The standard InChI is InChI=1S/C17H26N4O3.2ClH/c1-13-3-4-14(18)11-15(13)17(23)21-8-6-20(7-9-21)12-16(22)19-5-10-24-2;;/h3-4,11H,5-10,12,18H2,1-2H3,(H,19,22);2*1H. The number of nitrogens with two attached hydrogens (primary N) is 1. The number of anilines is 1. The summed E-state index contributed by atoms with van der Waals surface area (Å²) in [5.41, 5.74) is 7.96. The van der Waals surface area contributed by atoms with Gasteiger partial charge in [0.15, 0.2) is 0 Å². The summed E-state index contributed by atoms with van der Waals surface area (Å²) in [6.07, 6.45) is 0. The first-order chi connectivity index (χ1) is 11.5. The van der Waals surface area contributed by atoms with Crippen LogP contribution in [0.15, 0.2) is 18.2 Å². The molecule has 0 aromatic heterocycles. The molecule has 0 aliphatic carbocycles. The van der Waals surface area contributed by atoms with Gasteiger partial charge in [-0.25, -0.2) is 0 Å². The lowest BCUT2D eigenvalue weighted by Gasteiger charge is -2.34. The molecule has 1 aliphatic rings. The minimum Gasteiger partial charge on any atom is -0.399 e. The number of benzene rings is 1. The van der Waals surface area contributed by atoms with Crippen molar-refractivity contribution in [1.29, 1.82) is 0 Å². The number of carbonyl (C=O) groups is 2. The third kappa shape index (κ3) is 6.99. The molecule has 1 heterocycles. The van der Waals surface area contributed by atoms with Crippen LogP contribution in [-0.2, 0) is 9.53 Å². The van der Waals surface area contributed by atoms with E-state index in [1.54, 1.807) is 19.2 Å². The molecule has 1 saturated heterocycles. The first kappa shape index (κ1) is 24.5. The molecule has 1 aliphatic heterocycles. The Labute approximate surface area is 167 Å². The van der Waals surface area contributed by atoms with E-state index < -0.39 is 0 Å². The largest absolute Gasteiger partial charge is 0.399 e. The number of nitrogen functional groups attached to an aromatic ring is 1. The van der Waals surface area contributed by atoms with Gasteiger partial charge in [0.05, 0.1) is 13.2 Å². The van der Waals surface area contributed by atoms with Crippen molar-refractivity contribution in [2.45, 2.75) is 6.92 Å². The van der Waals surface area contributed by atoms with Crippen molar-refractivity contribution in [2.24, 2.45) is 0 Å². The summed E-state index contributed by atoms with van der Waals surface area (Å²) in [5.74, 6) is -0.0116. The number of hydrogen-bond acceptors (Lipinski definition) is 5. The van der Waals surface area contributed by atoms with E-state index >= 15 is 0 Å². The van der Waals surface area contributed by atoms with E-state index in [1.165, 1.54) is 0 Å². The number of amides is 2. The topological polar surface area (TPSA) is 87.9 Å². The van der Waals surface area contributed by atoms with Gasteiger partial charge in [0.25, 0.3) is 5.91 Å². The molecule has 0 atom stereocenters. The predicted octanol–water partition coefficient (Wildman–Crippen LogP) is 0.941. The predicted molar refractivity (Wildman–Crippen MR) is 107 cm³/mol. The maximum atomic E-state index is 12.6. The third-order valence-electron chi connectivity index (χ3n) is 4.15. The van der Waals surface area contributed by atoms with Gasteiger partial charge in [0.1, 0.15) is 0 Å². The lowest BCUT2D eigenvalue weighted by molar-refractivity contribution is -0.122. The molecular weight excluding hydrogens is 379 g/mol. The number of aryl methyl sites for hydroxylation is 1. The molecule has 0 bridgehead atoms. The first-order valence-electron chi connectivity index (χ1n) is 8.14. The molecule has 0 spiro atoms. The average Bonchev–Trinajstić information content (AvgIpc) is 2.57. The number of hydrogen-bond donors (Lipinski definition) is 2. The molecule has 7 nitrogen and oxygen atoms in total. The molecule has 148 valence electrons. The molecule has 1 aromatic carbocycles. The van der Waals surface area contributed by atoms with E-state index in [0.29, 0.717) is 57.1 Å². The van der Waals surface area contributed by atoms with E-state index in [4.69, 9.17) is 10.5 Å². The second kappa shape index (κ2) is 12.0. The minimum absolute atomic E-state index is 0. The van der Waals surface area contributed by atoms with Gasteiger partial charge in [0, 0.05) is 51.1 Å². The SMILES string of the molecule is COCCNC(=O)CN1CCN(C(=O)c2cc(N)ccc2C)CC1.Cl.Cl. The number of rotatable bonds is 6. The van der Waals surface area contributed by atoms with E-state index in [-0.39, 0.29) is 36.6 Å². The van der Waals surface area contributed by atoms with Crippen molar-refractivity contribution in [1.82, 2.24) is 15.1 Å². The van der Waals surface area contributed by atoms with Crippen LogP contribution in [-0.4, -0.2) is 74.6 Å². The van der Waals surface area contributed by atoms with Gasteiger partial charge in [0.2, 0.25) is 5.91 Å². The quantitative estimate of drug-likeness (QED) is 0.542. The second-order valence-electron chi connectivity index (χ2n) is 5.99. The van der Waals surface area contributed by atoms with Gasteiger partial charge in [-0.1, -0.05) is 6.07 Å². The molecule has 0 saturated carbocycles. The van der Waals surface area contributed by atoms with Gasteiger partial charge in [-0.3, -0.25) is 14.5 Å². The van der Waals surface area contributed by atoms with Crippen LogP contribution in [0.5, 0.6) is 0 Å². The Morgan fingerprint density at radius 2 is 1.85 bits per heavy atom. The number of carbonyl (C=O) groups excluding carboxylic acids is 2. The Morgan fingerprint density at radius 1 is 1.19 bits per heavy atom. The molecule has 1 aromatic rings. The van der Waals surface area contributed by atoms with E-state index in [2.05, 4.69) is 10.2 Å². The summed E-state index contributed by atoms with van der Waals surface area (Å²) in [5, 5.41) is 2.80. The third-order valence-corrected chi connectivity index (χ3v) is 4.15. The number of ether oxygens (including phenoxy) is 1. The fraction of sp³-hybridized carbons (Fsp3) is 0.529. The molecule has 0 radical (unpaired) electrons. The Hall–Kier alpha value is -1.54. The van der Waals surface area contributed by atoms with Crippen LogP contribution in [0.1, 0.15) is 15.9 Å². The lowest BCUT2D eigenvalue weighted by Crippen LogP contribution is -2.51. The monoisotopic (exact) mass is 406 g/mol. The zero-order chi connectivity index (χ0) is 17.5. The second-order valence-corrected chi connectivity index (χ2v) is 5.99. The molecule has 2 amide bonds. The van der Waals surface area contributed by atoms with E-state index in [9.17, 15) is 9.59 Å². The molecule has 1 fully saturated rings. The summed E-state index contributed by atoms with van der Waals surface area (Å²) in [6.45, 7) is 5.87.